The molecule has 0 saturated carbocycles. The molecule has 0 radical (unpaired) electrons. The summed E-state index contributed by atoms with van der Waals surface area (Å²) in [4.78, 5) is 19.5. The van der Waals surface area contributed by atoms with Gasteiger partial charge in [-0.3, -0.25) is 9.69 Å². The van der Waals surface area contributed by atoms with E-state index in [1.165, 1.54) is 5.56 Å². The van der Waals surface area contributed by atoms with Gasteiger partial charge in [-0.15, -0.1) is 0 Å². The molecular weight excluding hydrogens is 416 g/mol. The molecule has 2 aromatic rings. The zero-order valence-electron chi connectivity index (χ0n) is 17.0. The van der Waals surface area contributed by atoms with Crippen LogP contribution in [0, 0.1) is 5.92 Å². The van der Waals surface area contributed by atoms with Gasteiger partial charge >= 0.3 is 5.97 Å². The van der Waals surface area contributed by atoms with Crippen LogP contribution < -0.4 is 0 Å². The Morgan fingerprint density at radius 3 is 2.63 bits per heavy atom. The minimum atomic E-state index is -0.144. The van der Waals surface area contributed by atoms with Crippen molar-refractivity contribution in [2.24, 2.45) is 10.9 Å². The number of halogens is 1. The molecule has 2 heterocycles. The summed E-state index contributed by atoms with van der Waals surface area (Å²) in [7, 11) is 2.14. The normalized spacial score (nSPS) is 25.5. The fraction of sp³-hybridized carbons (Fsp3) is 0.417. The lowest BCUT2D eigenvalue weighted by Gasteiger charge is -2.42. The third-order valence-corrected chi connectivity index (χ3v) is 6.93. The van der Waals surface area contributed by atoms with Gasteiger partial charge in [-0.25, -0.2) is 0 Å². The van der Waals surface area contributed by atoms with Gasteiger partial charge in [0.2, 0.25) is 0 Å². The summed E-state index contributed by atoms with van der Waals surface area (Å²) in [6.45, 7) is 0.373. The molecule has 2 aliphatic heterocycles. The monoisotopic (exact) mass is 440 g/mol. The van der Waals surface area contributed by atoms with Crippen LogP contribution in [0.25, 0.3) is 0 Å². The number of nitrogens with zero attached hydrogens (tertiary/aromatic N) is 2. The van der Waals surface area contributed by atoms with Gasteiger partial charge in [0, 0.05) is 29.4 Å². The van der Waals surface area contributed by atoms with Gasteiger partial charge in [0.15, 0.2) is 0 Å². The van der Waals surface area contributed by atoms with E-state index in [1.807, 2.05) is 36.4 Å². The van der Waals surface area contributed by atoms with Crippen molar-refractivity contribution < 1.29 is 9.53 Å². The van der Waals surface area contributed by atoms with Crippen molar-refractivity contribution in [2.45, 2.75) is 43.7 Å². The Hall–Kier alpha value is -2.04. The largest absolute Gasteiger partial charge is 0.465 e. The van der Waals surface area contributed by atoms with E-state index in [-0.39, 0.29) is 23.8 Å². The van der Waals surface area contributed by atoms with Gasteiger partial charge in [0.1, 0.15) is 0 Å². The lowest BCUT2D eigenvalue weighted by Crippen LogP contribution is -2.49. The molecule has 30 heavy (non-hydrogen) atoms. The molecule has 6 heteroatoms. The Kier molecular flexibility index (Phi) is 6.64. The number of aliphatic imine (C=N–C) groups is 1. The van der Waals surface area contributed by atoms with Crippen LogP contribution in [0.1, 0.15) is 36.3 Å². The number of isothiocyanates is 1. The van der Waals surface area contributed by atoms with Crippen molar-refractivity contribution >= 4 is 40.6 Å². The Labute approximate surface area is 187 Å². The molecule has 0 spiro atoms. The summed E-state index contributed by atoms with van der Waals surface area (Å²) < 4.78 is 5.79. The first kappa shape index (κ1) is 21.2. The second kappa shape index (κ2) is 9.40. The standard InChI is InChI=1S/C24H25ClN2O2S/c1-27-20-10-11-22(27)23(21(14-20)17-4-6-18(25)7-5-17)24(28)29-13-12-16-2-8-19(9-3-16)26-15-30/h2-9,20-23H,10-14H2,1H3/t20-,21+,22+,23-/m0/s1. The van der Waals surface area contributed by atoms with E-state index in [2.05, 4.69) is 46.5 Å². The van der Waals surface area contributed by atoms with Crippen LogP contribution in [0.15, 0.2) is 53.5 Å². The van der Waals surface area contributed by atoms with E-state index in [1.54, 1.807) is 0 Å². The second-order valence-corrected chi connectivity index (χ2v) is 8.79. The summed E-state index contributed by atoms with van der Waals surface area (Å²) in [6, 6.07) is 16.5. The Balaban J connectivity index is 1.44. The van der Waals surface area contributed by atoms with E-state index in [0.29, 0.717) is 19.1 Å². The first-order valence-electron chi connectivity index (χ1n) is 10.4. The highest BCUT2D eigenvalue weighted by atomic mass is 35.5. The summed E-state index contributed by atoms with van der Waals surface area (Å²) >= 11 is 10.7. The maximum Gasteiger partial charge on any atom is 0.311 e. The van der Waals surface area contributed by atoms with E-state index in [4.69, 9.17) is 16.3 Å². The zero-order valence-corrected chi connectivity index (χ0v) is 18.5. The molecule has 2 bridgehead atoms. The van der Waals surface area contributed by atoms with Crippen LogP contribution in [0.2, 0.25) is 5.02 Å². The van der Waals surface area contributed by atoms with Crippen LogP contribution in [-0.4, -0.2) is 41.8 Å². The minimum absolute atomic E-state index is 0.0888. The molecule has 0 N–H and O–H groups in total. The molecule has 4 nitrogen and oxygen atoms in total. The lowest BCUT2D eigenvalue weighted by molar-refractivity contribution is -0.153. The zero-order chi connectivity index (χ0) is 21.1. The number of rotatable bonds is 6. The van der Waals surface area contributed by atoms with Gasteiger partial charge in [0.25, 0.3) is 0 Å². The molecule has 2 aliphatic rings. The van der Waals surface area contributed by atoms with Crippen molar-refractivity contribution in [1.29, 1.82) is 0 Å². The fourth-order valence-corrected chi connectivity index (χ4v) is 5.23. The molecule has 2 saturated heterocycles. The van der Waals surface area contributed by atoms with Crippen LogP contribution in [0.3, 0.4) is 0 Å². The SMILES string of the molecule is CN1[C@H]2CC[C@@H]1[C@@H](C(=O)OCCc1ccc(N=C=S)cc1)[C@@H](c1ccc(Cl)cc1)C2. The second-order valence-electron chi connectivity index (χ2n) is 8.17. The summed E-state index contributed by atoms with van der Waals surface area (Å²) in [6.07, 6.45) is 3.85. The number of hydrogen-bond donors (Lipinski definition) is 0. The first-order chi connectivity index (χ1) is 14.6. The summed E-state index contributed by atoms with van der Waals surface area (Å²) in [5, 5.41) is 3.08. The maximum absolute atomic E-state index is 13.2. The molecule has 0 aromatic heterocycles. The molecule has 0 unspecified atom stereocenters. The first-order valence-corrected chi connectivity index (χ1v) is 11.2. The highest BCUT2D eigenvalue weighted by Crippen LogP contribution is 2.46. The Morgan fingerprint density at radius 1 is 1.20 bits per heavy atom. The Bertz CT molecular complexity index is 941. The number of carbonyl (C=O) groups excluding carboxylic acids is 1. The molecule has 2 fully saturated rings. The number of esters is 1. The fourth-order valence-electron chi connectivity index (χ4n) is 5.00. The number of fused-ring (bicyclic) bond motifs is 2. The van der Waals surface area contributed by atoms with Crippen molar-refractivity contribution in [3.8, 4) is 0 Å². The number of carbonyl (C=O) groups is 1. The van der Waals surface area contributed by atoms with Crippen molar-refractivity contribution in [1.82, 2.24) is 4.90 Å². The van der Waals surface area contributed by atoms with Crippen LogP contribution >= 0.6 is 23.8 Å². The highest BCUT2D eigenvalue weighted by molar-refractivity contribution is 7.78. The number of hydrogen-bond acceptors (Lipinski definition) is 5. The predicted molar refractivity (Wildman–Crippen MR) is 123 cm³/mol. The van der Waals surface area contributed by atoms with Crippen molar-refractivity contribution in [3.63, 3.8) is 0 Å². The van der Waals surface area contributed by atoms with Gasteiger partial charge in [0.05, 0.1) is 23.4 Å². The number of benzene rings is 2. The number of thiocarbonyl (C=S) groups is 1. The third kappa shape index (κ3) is 4.50. The lowest BCUT2D eigenvalue weighted by atomic mass is 9.76. The smallest absolute Gasteiger partial charge is 0.311 e. The number of ether oxygens (including phenoxy) is 1. The molecule has 2 aromatic carbocycles. The van der Waals surface area contributed by atoms with E-state index in [9.17, 15) is 4.79 Å². The average molecular weight is 441 g/mol. The molecule has 4 rings (SSSR count). The van der Waals surface area contributed by atoms with E-state index in [0.717, 1.165) is 35.5 Å². The van der Waals surface area contributed by atoms with Crippen LogP contribution in [0.5, 0.6) is 0 Å². The topological polar surface area (TPSA) is 41.9 Å². The molecule has 0 amide bonds. The molecule has 156 valence electrons. The van der Waals surface area contributed by atoms with Gasteiger partial charge in [-0.05, 0) is 73.9 Å². The van der Waals surface area contributed by atoms with Crippen LogP contribution in [0.4, 0.5) is 5.69 Å². The third-order valence-electron chi connectivity index (χ3n) is 6.59. The van der Waals surface area contributed by atoms with Crippen molar-refractivity contribution in [3.05, 3.63) is 64.7 Å². The summed E-state index contributed by atoms with van der Waals surface area (Å²) in [5.41, 5.74) is 3.06. The predicted octanol–water partition coefficient (Wildman–Crippen LogP) is 5.43. The average Bonchev–Trinajstić information content (AvgIpc) is 2.98. The van der Waals surface area contributed by atoms with E-state index < -0.39 is 0 Å². The maximum atomic E-state index is 13.2. The quantitative estimate of drug-likeness (QED) is 0.341. The summed E-state index contributed by atoms with van der Waals surface area (Å²) in [5.74, 6) is -0.0569. The van der Waals surface area contributed by atoms with Crippen molar-refractivity contribution in [2.75, 3.05) is 13.7 Å². The molecule has 0 aliphatic carbocycles. The molecular formula is C24H25ClN2O2S. The van der Waals surface area contributed by atoms with Gasteiger partial charge in [-0.2, -0.15) is 4.99 Å². The highest BCUT2D eigenvalue weighted by Gasteiger charge is 2.49. The van der Waals surface area contributed by atoms with Gasteiger partial charge in [-0.1, -0.05) is 35.9 Å². The number of piperidine rings is 1. The Morgan fingerprint density at radius 2 is 1.93 bits per heavy atom. The molecule has 4 atom stereocenters. The minimum Gasteiger partial charge on any atom is -0.465 e. The van der Waals surface area contributed by atoms with E-state index >= 15 is 0 Å². The van der Waals surface area contributed by atoms with Gasteiger partial charge < -0.3 is 4.74 Å². The van der Waals surface area contributed by atoms with Crippen LogP contribution in [-0.2, 0) is 16.0 Å².